The molecule has 0 saturated heterocycles. The van der Waals surface area contributed by atoms with E-state index in [1.165, 1.54) is 0 Å². The molecule has 0 atom stereocenters. The molecule has 13 heavy (non-hydrogen) atoms. The molecule has 66 valence electrons. The van der Waals surface area contributed by atoms with Crippen LogP contribution in [0.25, 0.3) is 0 Å². The Morgan fingerprint density at radius 3 is 2.69 bits per heavy atom. The van der Waals surface area contributed by atoms with Crippen LogP contribution in [-0.2, 0) is 0 Å². The summed E-state index contributed by atoms with van der Waals surface area (Å²) in [6, 6.07) is 5.33. The van der Waals surface area contributed by atoms with E-state index >= 15 is 0 Å². The van der Waals surface area contributed by atoms with E-state index < -0.39 is 0 Å². The molecule has 0 aliphatic carbocycles. The van der Waals surface area contributed by atoms with Crippen LogP contribution in [0.15, 0.2) is 30.9 Å². The zero-order valence-corrected chi connectivity index (χ0v) is 8.49. The van der Waals surface area contributed by atoms with E-state index in [0.717, 1.165) is 5.56 Å². The minimum absolute atomic E-state index is 0.534. The monoisotopic (exact) mass is 210 g/mol. The molecule has 0 aliphatic rings. The lowest BCUT2D eigenvalue weighted by atomic mass is 10.2. The van der Waals surface area contributed by atoms with Gasteiger partial charge in [0.05, 0.1) is 10.0 Å². The predicted molar refractivity (Wildman–Crippen MR) is 58.2 cm³/mol. The summed E-state index contributed by atoms with van der Waals surface area (Å²) in [5.74, 6) is 5.88. The van der Waals surface area contributed by atoms with Crippen LogP contribution in [0.1, 0.15) is 12.0 Å². The normalized spacial score (nSPS) is 8.77. The fraction of sp³-hybridized carbons (Fsp3) is 0.0909. The predicted octanol–water partition coefficient (Wildman–Crippen LogP) is 3.92. The molecule has 1 rings (SSSR count). The smallest absolute Gasteiger partial charge is 0.0604 e. The molecule has 0 aliphatic heterocycles. The van der Waals surface area contributed by atoms with Gasteiger partial charge in [0.1, 0.15) is 0 Å². The third-order valence-electron chi connectivity index (χ3n) is 1.40. The average Bonchev–Trinajstić information content (AvgIpc) is 2.12. The fourth-order valence-corrected chi connectivity index (χ4v) is 1.10. The summed E-state index contributed by atoms with van der Waals surface area (Å²) in [6.07, 6.45) is 2.44. The topological polar surface area (TPSA) is 0 Å². The third-order valence-corrected chi connectivity index (χ3v) is 2.14. The molecule has 1 aromatic carbocycles. The van der Waals surface area contributed by atoms with Crippen molar-refractivity contribution in [1.82, 2.24) is 0 Å². The van der Waals surface area contributed by atoms with Crippen molar-refractivity contribution in [1.29, 1.82) is 0 Å². The molecule has 0 amide bonds. The second-order valence-electron chi connectivity index (χ2n) is 2.42. The van der Waals surface area contributed by atoms with Crippen molar-refractivity contribution < 1.29 is 0 Å². The van der Waals surface area contributed by atoms with Gasteiger partial charge in [-0.1, -0.05) is 41.1 Å². The molecule has 0 aromatic heterocycles. The highest BCUT2D eigenvalue weighted by atomic mass is 35.5. The minimum atomic E-state index is 0.534. The van der Waals surface area contributed by atoms with Crippen molar-refractivity contribution >= 4 is 23.2 Å². The van der Waals surface area contributed by atoms with Crippen LogP contribution in [-0.4, -0.2) is 0 Å². The SMILES string of the molecule is C=CCC#Cc1ccc(Cl)c(Cl)c1. The lowest BCUT2D eigenvalue weighted by Crippen LogP contribution is -1.74. The number of benzene rings is 1. The van der Waals surface area contributed by atoms with E-state index in [2.05, 4.69) is 18.4 Å². The highest BCUT2D eigenvalue weighted by Gasteiger charge is 1.95. The first-order valence-corrected chi connectivity index (χ1v) is 4.54. The molecule has 0 fully saturated rings. The molecular weight excluding hydrogens is 203 g/mol. The lowest BCUT2D eigenvalue weighted by Gasteiger charge is -1.94. The molecule has 2 heteroatoms. The standard InChI is InChI=1S/C11H8Cl2/c1-2-3-4-5-9-6-7-10(12)11(13)8-9/h2,6-8H,1,3H2. The van der Waals surface area contributed by atoms with Crippen LogP contribution in [0.3, 0.4) is 0 Å². The molecule has 0 saturated carbocycles. The molecule has 0 bridgehead atoms. The molecular formula is C11H8Cl2. The van der Waals surface area contributed by atoms with Gasteiger partial charge >= 0.3 is 0 Å². The Bertz CT molecular complexity index is 369. The summed E-state index contributed by atoms with van der Waals surface area (Å²) >= 11 is 11.6. The number of allylic oxidation sites excluding steroid dienone is 1. The Balaban J connectivity index is 2.87. The molecule has 0 unspecified atom stereocenters. The van der Waals surface area contributed by atoms with Crippen molar-refractivity contribution in [2.45, 2.75) is 6.42 Å². The van der Waals surface area contributed by atoms with E-state index in [9.17, 15) is 0 Å². The Morgan fingerprint density at radius 1 is 1.31 bits per heavy atom. The van der Waals surface area contributed by atoms with Gasteiger partial charge in [0.15, 0.2) is 0 Å². The van der Waals surface area contributed by atoms with Gasteiger partial charge in [0.25, 0.3) is 0 Å². The van der Waals surface area contributed by atoms with Gasteiger partial charge in [0, 0.05) is 12.0 Å². The first kappa shape index (κ1) is 10.2. The Kier molecular flexibility index (Phi) is 3.89. The largest absolute Gasteiger partial charge is 0.102 e. The maximum absolute atomic E-state index is 5.81. The Morgan fingerprint density at radius 2 is 2.08 bits per heavy atom. The maximum Gasteiger partial charge on any atom is 0.0604 e. The first-order chi connectivity index (χ1) is 6.24. The van der Waals surface area contributed by atoms with Gasteiger partial charge < -0.3 is 0 Å². The van der Waals surface area contributed by atoms with Crippen molar-refractivity contribution in [2.75, 3.05) is 0 Å². The molecule has 0 heterocycles. The quantitative estimate of drug-likeness (QED) is 0.487. The van der Waals surface area contributed by atoms with Crippen LogP contribution in [0.2, 0.25) is 10.0 Å². The van der Waals surface area contributed by atoms with Crippen molar-refractivity contribution in [2.24, 2.45) is 0 Å². The highest BCUT2D eigenvalue weighted by molar-refractivity contribution is 6.42. The van der Waals surface area contributed by atoms with Crippen LogP contribution < -0.4 is 0 Å². The number of halogens is 2. The Hall–Kier alpha value is -0.900. The van der Waals surface area contributed by atoms with Crippen LogP contribution in [0, 0.1) is 11.8 Å². The van der Waals surface area contributed by atoms with E-state index in [4.69, 9.17) is 23.2 Å². The second kappa shape index (κ2) is 4.97. The summed E-state index contributed by atoms with van der Waals surface area (Å²) in [5, 5.41) is 1.09. The van der Waals surface area contributed by atoms with Gasteiger partial charge in [-0.25, -0.2) is 0 Å². The van der Waals surface area contributed by atoms with Crippen molar-refractivity contribution in [3.8, 4) is 11.8 Å². The van der Waals surface area contributed by atoms with Gasteiger partial charge in [-0.2, -0.15) is 0 Å². The number of hydrogen-bond acceptors (Lipinski definition) is 0. The van der Waals surface area contributed by atoms with Crippen LogP contribution in [0.5, 0.6) is 0 Å². The summed E-state index contributed by atoms with van der Waals surface area (Å²) in [4.78, 5) is 0. The van der Waals surface area contributed by atoms with Gasteiger partial charge in [-0.05, 0) is 18.2 Å². The average molecular weight is 211 g/mol. The summed E-state index contributed by atoms with van der Waals surface area (Å²) in [5.41, 5.74) is 0.872. The van der Waals surface area contributed by atoms with Gasteiger partial charge in [-0.15, -0.1) is 6.58 Å². The third kappa shape index (κ3) is 3.14. The molecule has 0 spiro atoms. The fourth-order valence-electron chi connectivity index (χ4n) is 0.799. The summed E-state index contributed by atoms with van der Waals surface area (Å²) in [7, 11) is 0. The van der Waals surface area contributed by atoms with E-state index in [-0.39, 0.29) is 0 Å². The molecule has 0 N–H and O–H groups in total. The zero-order valence-electron chi connectivity index (χ0n) is 6.98. The first-order valence-electron chi connectivity index (χ1n) is 3.79. The second-order valence-corrected chi connectivity index (χ2v) is 3.24. The summed E-state index contributed by atoms with van der Waals surface area (Å²) in [6.45, 7) is 3.57. The minimum Gasteiger partial charge on any atom is -0.102 e. The van der Waals surface area contributed by atoms with E-state index in [0.29, 0.717) is 16.5 Å². The number of rotatable bonds is 1. The highest BCUT2D eigenvalue weighted by Crippen LogP contribution is 2.21. The zero-order chi connectivity index (χ0) is 9.68. The lowest BCUT2D eigenvalue weighted by molar-refractivity contribution is 1.48. The van der Waals surface area contributed by atoms with Crippen LogP contribution >= 0.6 is 23.2 Å². The molecule has 0 nitrogen and oxygen atoms in total. The van der Waals surface area contributed by atoms with Gasteiger partial charge in [0.2, 0.25) is 0 Å². The molecule has 1 aromatic rings. The Labute approximate surface area is 88.2 Å². The van der Waals surface area contributed by atoms with Crippen LogP contribution in [0.4, 0.5) is 0 Å². The summed E-state index contributed by atoms with van der Waals surface area (Å²) < 4.78 is 0. The maximum atomic E-state index is 5.81. The van der Waals surface area contributed by atoms with Crippen molar-refractivity contribution in [3.05, 3.63) is 46.5 Å². The number of hydrogen-bond donors (Lipinski definition) is 0. The van der Waals surface area contributed by atoms with E-state index in [1.54, 1.807) is 18.2 Å². The van der Waals surface area contributed by atoms with Gasteiger partial charge in [-0.3, -0.25) is 0 Å². The van der Waals surface area contributed by atoms with Crippen molar-refractivity contribution in [3.63, 3.8) is 0 Å². The molecule has 0 radical (unpaired) electrons. The van der Waals surface area contributed by atoms with E-state index in [1.807, 2.05) is 6.07 Å².